The minimum Gasteiger partial charge on any atom is -0.496 e. The molecule has 3 aromatic rings. The Bertz CT molecular complexity index is 813. The van der Waals surface area contributed by atoms with Crippen molar-refractivity contribution in [1.82, 2.24) is 10.1 Å². The summed E-state index contributed by atoms with van der Waals surface area (Å²) in [6.45, 7) is 0. The van der Waals surface area contributed by atoms with Crippen molar-refractivity contribution in [2.24, 2.45) is 0 Å². The molecule has 0 aliphatic rings. The Morgan fingerprint density at radius 1 is 1.09 bits per heavy atom. The van der Waals surface area contributed by atoms with Crippen LogP contribution in [0.5, 0.6) is 5.75 Å². The fourth-order valence-electron chi connectivity index (χ4n) is 2.20. The van der Waals surface area contributed by atoms with Crippen molar-refractivity contribution in [3.63, 3.8) is 0 Å². The van der Waals surface area contributed by atoms with Gasteiger partial charge >= 0.3 is 0 Å². The lowest BCUT2D eigenvalue weighted by molar-refractivity contribution is 0.405. The lowest BCUT2D eigenvalue weighted by Crippen LogP contribution is -2.07. The molecule has 0 unspecified atom stereocenters. The van der Waals surface area contributed by atoms with E-state index in [2.05, 4.69) is 10.1 Å². The molecule has 0 aliphatic carbocycles. The van der Waals surface area contributed by atoms with Gasteiger partial charge < -0.3 is 14.2 Å². The van der Waals surface area contributed by atoms with Gasteiger partial charge in [0.05, 0.1) is 12.7 Å². The summed E-state index contributed by atoms with van der Waals surface area (Å²) < 4.78 is 10.7. The monoisotopic (exact) mass is 329 g/mol. The molecule has 0 fully saturated rings. The van der Waals surface area contributed by atoms with Gasteiger partial charge in [0.15, 0.2) is 0 Å². The maximum Gasteiger partial charge on any atom is 0.262 e. The molecule has 3 rings (SSSR count). The zero-order chi connectivity index (χ0) is 16.4. The number of benzene rings is 2. The van der Waals surface area contributed by atoms with Gasteiger partial charge in [-0.1, -0.05) is 16.8 Å². The van der Waals surface area contributed by atoms with E-state index in [4.69, 9.17) is 20.9 Å². The topological polar surface area (TPSA) is 51.4 Å². The van der Waals surface area contributed by atoms with Gasteiger partial charge in [-0.15, -0.1) is 0 Å². The third kappa shape index (κ3) is 3.14. The summed E-state index contributed by atoms with van der Waals surface area (Å²) in [4.78, 5) is 6.48. The van der Waals surface area contributed by atoms with Gasteiger partial charge in [-0.25, -0.2) is 0 Å². The number of methoxy groups -OCH3 is 1. The maximum atomic E-state index is 5.97. The predicted octanol–water partition coefficient (Wildman–Crippen LogP) is 4.13. The van der Waals surface area contributed by atoms with Crippen LogP contribution in [-0.4, -0.2) is 31.3 Å². The SMILES string of the molecule is COc1cc(Cl)ccc1-c1nc(-c2ccc(N(C)C)cc2)no1. The molecule has 0 radical (unpaired) electrons. The highest BCUT2D eigenvalue weighted by atomic mass is 35.5. The first-order valence-electron chi connectivity index (χ1n) is 7.04. The second kappa shape index (κ2) is 6.30. The molecule has 0 spiro atoms. The summed E-state index contributed by atoms with van der Waals surface area (Å²) in [5.74, 6) is 1.52. The minimum atomic E-state index is 0.394. The largest absolute Gasteiger partial charge is 0.496 e. The molecule has 118 valence electrons. The first kappa shape index (κ1) is 15.4. The van der Waals surface area contributed by atoms with E-state index in [0.717, 1.165) is 11.3 Å². The van der Waals surface area contributed by atoms with Crippen LogP contribution in [0.3, 0.4) is 0 Å². The molecule has 0 N–H and O–H groups in total. The average Bonchev–Trinajstić information content (AvgIpc) is 3.04. The molecule has 23 heavy (non-hydrogen) atoms. The van der Waals surface area contributed by atoms with Crippen molar-refractivity contribution in [3.8, 4) is 28.6 Å². The molecule has 6 heteroatoms. The Morgan fingerprint density at radius 3 is 2.48 bits per heavy atom. The van der Waals surface area contributed by atoms with Crippen molar-refractivity contribution in [2.45, 2.75) is 0 Å². The summed E-state index contributed by atoms with van der Waals surface area (Å²) in [6.07, 6.45) is 0. The van der Waals surface area contributed by atoms with Crippen molar-refractivity contribution in [2.75, 3.05) is 26.1 Å². The summed E-state index contributed by atoms with van der Waals surface area (Å²) >= 11 is 5.97. The number of nitrogens with zero attached hydrogens (tertiary/aromatic N) is 3. The molecule has 0 atom stereocenters. The molecule has 5 nitrogen and oxygen atoms in total. The number of rotatable bonds is 4. The van der Waals surface area contributed by atoms with E-state index in [0.29, 0.717) is 28.1 Å². The Balaban J connectivity index is 1.94. The first-order chi connectivity index (χ1) is 11.1. The summed E-state index contributed by atoms with van der Waals surface area (Å²) in [7, 11) is 5.56. The molecule has 1 aromatic heterocycles. The van der Waals surface area contributed by atoms with E-state index in [1.165, 1.54) is 0 Å². The number of anilines is 1. The quantitative estimate of drug-likeness (QED) is 0.720. The predicted molar refractivity (Wildman–Crippen MR) is 91.1 cm³/mol. The number of hydrogen-bond donors (Lipinski definition) is 0. The van der Waals surface area contributed by atoms with E-state index in [9.17, 15) is 0 Å². The second-order valence-electron chi connectivity index (χ2n) is 5.21. The lowest BCUT2D eigenvalue weighted by Gasteiger charge is -2.11. The molecule has 0 aliphatic heterocycles. The van der Waals surface area contributed by atoms with Crippen molar-refractivity contribution in [3.05, 3.63) is 47.5 Å². The third-order valence-corrected chi connectivity index (χ3v) is 3.70. The normalized spacial score (nSPS) is 10.6. The highest BCUT2D eigenvalue weighted by molar-refractivity contribution is 6.30. The standard InChI is InChI=1S/C17H16ClN3O2/c1-21(2)13-7-4-11(5-8-13)16-19-17(23-20-16)14-9-6-12(18)10-15(14)22-3/h4-10H,1-3H3. The molecule has 0 amide bonds. The Hall–Kier alpha value is -2.53. The van der Waals surface area contributed by atoms with Gasteiger partial charge in [-0.3, -0.25) is 0 Å². The van der Waals surface area contributed by atoms with E-state index < -0.39 is 0 Å². The Labute approximate surface area is 139 Å². The van der Waals surface area contributed by atoms with Gasteiger partial charge in [0.2, 0.25) is 5.82 Å². The van der Waals surface area contributed by atoms with Crippen LogP contribution in [0.15, 0.2) is 47.0 Å². The van der Waals surface area contributed by atoms with Crippen LogP contribution in [0.4, 0.5) is 5.69 Å². The smallest absolute Gasteiger partial charge is 0.262 e. The summed E-state index contributed by atoms with van der Waals surface area (Å²) in [6, 6.07) is 13.2. The molecule has 0 saturated heterocycles. The van der Waals surface area contributed by atoms with Crippen LogP contribution in [-0.2, 0) is 0 Å². The van der Waals surface area contributed by atoms with Crippen LogP contribution < -0.4 is 9.64 Å². The number of ether oxygens (including phenoxy) is 1. The van der Waals surface area contributed by atoms with Crippen molar-refractivity contribution in [1.29, 1.82) is 0 Å². The molecule has 2 aromatic carbocycles. The highest BCUT2D eigenvalue weighted by Gasteiger charge is 2.15. The lowest BCUT2D eigenvalue weighted by atomic mass is 10.2. The van der Waals surface area contributed by atoms with Gasteiger partial charge in [0.1, 0.15) is 5.75 Å². The fourth-order valence-corrected chi connectivity index (χ4v) is 2.36. The van der Waals surface area contributed by atoms with Crippen LogP contribution >= 0.6 is 11.6 Å². The summed E-state index contributed by atoms with van der Waals surface area (Å²) in [5, 5.41) is 4.63. The summed E-state index contributed by atoms with van der Waals surface area (Å²) in [5.41, 5.74) is 2.70. The molecule has 0 bridgehead atoms. The maximum absolute atomic E-state index is 5.97. The Morgan fingerprint density at radius 2 is 1.83 bits per heavy atom. The van der Waals surface area contributed by atoms with Gasteiger partial charge in [-0.05, 0) is 42.5 Å². The number of aromatic nitrogens is 2. The molecule has 0 saturated carbocycles. The molecule has 1 heterocycles. The van der Waals surface area contributed by atoms with E-state index >= 15 is 0 Å². The highest BCUT2D eigenvalue weighted by Crippen LogP contribution is 2.32. The van der Waals surface area contributed by atoms with E-state index in [1.807, 2.05) is 43.3 Å². The van der Waals surface area contributed by atoms with Crippen molar-refractivity contribution >= 4 is 17.3 Å². The average molecular weight is 330 g/mol. The number of halogens is 1. The van der Waals surface area contributed by atoms with Crippen LogP contribution in [0.25, 0.3) is 22.8 Å². The molecular formula is C17H16ClN3O2. The zero-order valence-corrected chi connectivity index (χ0v) is 13.8. The van der Waals surface area contributed by atoms with Gasteiger partial charge in [0.25, 0.3) is 5.89 Å². The Kier molecular flexibility index (Phi) is 4.21. The van der Waals surface area contributed by atoms with Crippen molar-refractivity contribution < 1.29 is 9.26 Å². The van der Waals surface area contributed by atoms with Gasteiger partial charge in [-0.2, -0.15) is 4.98 Å². The third-order valence-electron chi connectivity index (χ3n) is 3.46. The van der Waals surface area contributed by atoms with E-state index in [-0.39, 0.29) is 0 Å². The minimum absolute atomic E-state index is 0.394. The second-order valence-corrected chi connectivity index (χ2v) is 5.65. The fraction of sp³-hybridized carbons (Fsp3) is 0.176. The molecular weight excluding hydrogens is 314 g/mol. The first-order valence-corrected chi connectivity index (χ1v) is 7.41. The van der Waals surface area contributed by atoms with Gasteiger partial charge in [0, 0.05) is 30.4 Å². The zero-order valence-electron chi connectivity index (χ0n) is 13.1. The van der Waals surface area contributed by atoms with Crippen LogP contribution in [0.2, 0.25) is 5.02 Å². The number of hydrogen-bond acceptors (Lipinski definition) is 5. The van der Waals surface area contributed by atoms with Crippen LogP contribution in [0, 0.1) is 0 Å². The van der Waals surface area contributed by atoms with Crippen LogP contribution in [0.1, 0.15) is 0 Å². The van der Waals surface area contributed by atoms with E-state index in [1.54, 1.807) is 25.3 Å².